The third kappa shape index (κ3) is 3.36. The van der Waals surface area contributed by atoms with E-state index in [1.54, 1.807) is 24.4 Å². The molecule has 2 aromatic rings. The van der Waals surface area contributed by atoms with Crippen LogP contribution in [0.4, 0.5) is 0 Å². The minimum atomic E-state index is 0.00834. The Bertz CT molecular complexity index is 581. The van der Waals surface area contributed by atoms with Crippen molar-refractivity contribution in [1.29, 1.82) is 0 Å². The summed E-state index contributed by atoms with van der Waals surface area (Å²) in [6.07, 6.45) is 4.35. The number of aromatic nitrogens is 1. The second-order valence-corrected chi connectivity index (χ2v) is 5.84. The van der Waals surface area contributed by atoms with Gasteiger partial charge in [-0.3, -0.25) is 9.78 Å². The fourth-order valence-corrected chi connectivity index (χ4v) is 2.89. The van der Waals surface area contributed by atoms with Gasteiger partial charge in [0.2, 0.25) is 0 Å². The summed E-state index contributed by atoms with van der Waals surface area (Å²) in [5, 5.41) is 0. The topological polar surface area (TPSA) is 42.4 Å². The molecule has 1 amide bonds. The average molecular weight is 290 g/mol. The molecule has 5 heteroatoms. The van der Waals surface area contributed by atoms with Crippen LogP contribution in [0.2, 0.25) is 0 Å². The van der Waals surface area contributed by atoms with Crippen LogP contribution in [-0.2, 0) is 6.42 Å². The maximum atomic E-state index is 12.4. The molecule has 0 aliphatic carbocycles. The van der Waals surface area contributed by atoms with E-state index in [4.69, 9.17) is 4.74 Å². The molecular weight excluding hydrogens is 272 g/mol. The molecule has 2 aromatic heterocycles. The van der Waals surface area contributed by atoms with Crippen molar-refractivity contribution in [2.75, 3.05) is 20.7 Å². The minimum absolute atomic E-state index is 0.00834. The monoisotopic (exact) mass is 290 g/mol. The van der Waals surface area contributed by atoms with Crippen molar-refractivity contribution in [1.82, 2.24) is 9.88 Å². The second-order valence-electron chi connectivity index (χ2n) is 4.59. The second kappa shape index (κ2) is 6.52. The molecular formula is C15H18N2O2S. The molecule has 0 aliphatic rings. The van der Waals surface area contributed by atoms with Gasteiger partial charge < -0.3 is 9.64 Å². The summed E-state index contributed by atoms with van der Waals surface area (Å²) < 4.78 is 5.25. The number of carbonyl (C=O) groups is 1. The molecule has 0 atom stereocenters. The summed E-state index contributed by atoms with van der Waals surface area (Å²) in [7, 11) is 3.41. The molecule has 0 aromatic carbocycles. The first kappa shape index (κ1) is 14.5. The fourth-order valence-electron chi connectivity index (χ4n) is 1.91. The van der Waals surface area contributed by atoms with E-state index in [-0.39, 0.29) is 5.91 Å². The van der Waals surface area contributed by atoms with E-state index in [1.807, 2.05) is 32.2 Å². The van der Waals surface area contributed by atoms with Crippen molar-refractivity contribution in [3.63, 3.8) is 0 Å². The number of carbonyl (C=O) groups excluding carboxylic acids is 1. The van der Waals surface area contributed by atoms with Crippen LogP contribution in [-0.4, -0.2) is 36.5 Å². The Morgan fingerprint density at radius 3 is 2.75 bits per heavy atom. The highest BCUT2D eigenvalue weighted by Crippen LogP contribution is 2.29. The van der Waals surface area contributed by atoms with Crippen molar-refractivity contribution >= 4 is 17.2 Å². The predicted molar refractivity (Wildman–Crippen MR) is 80.5 cm³/mol. The maximum absolute atomic E-state index is 12.4. The Morgan fingerprint density at radius 2 is 2.10 bits per heavy atom. The van der Waals surface area contributed by atoms with Gasteiger partial charge in [-0.1, -0.05) is 0 Å². The van der Waals surface area contributed by atoms with E-state index < -0.39 is 0 Å². The van der Waals surface area contributed by atoms with Crippen LogP contribution in [0.3, 0.4) is 0 Å². The van der Waals surface area contributed by atoms with E-state index in [2.05, 4.69) is 4.98 Å². The molecule has 4 nitrogen and oxygen atoms in total. The number of hydrogen-bond acceptors (Lipinski definition) is 4. The molecule has 0 bridgehead atoms. The molecule has 0 radical (unpaired) electrons. The smallest absolute Gasteiger partial charge is 0.267 e. The number of aryl methyl sites for hydroxylation is 1. The van der Waals surface area contributed by atoms with Crippen LogP contribution in [0.25, 0.3) is 0 Å². The largest absolute Gasteiger partial charge is 0.495 e. The van der Waals surface area contributed by atoms with E-state index in [1.165, 1.54) is 16.9 Å². The Labute approximate surface area is 123 Å². The first-order valence-electron chi connectivity index (χ1n) is 6.40. The number of amides is 1. The first-order chi connectivity index (χ1) is 9.61. The highest BCUT2D eigenvalue weighted by molar-refractivity contribution is 7.14. The maximum Gasteiger partial charge on any atom is 0.267 e. The molecule has 0 saturated carbocycles. The fraction of sp³-hybridized carbons (Fsp3) is 0.333. The number of pyridine rings is 1. The van der Waals surface area contributed by atoms with E-state index in [0.717, 1.165) is 11.3 Å². The summed E-state index contributed by atoms with van der Waals surface area (Å²) >= 11 is 1.47. The highest BCUT2D eigenvalue weighted by Gasteiger charge is 2.19. The van der Waals surface area contributed by atoms with Gasteiger partial charge >= 0.3 is 0 Å². The summed E-state index contributed by atoms with van der Waals surface area (Å²) in [6, 6.07) is 5.83. The summed E-state index contributed by atoms with van der Waals surface area (Å²) in [4.78, 5) is 19.9. The number of nitrogens with zero attached hydrogens (tertiary/aromatic N) is 2. The number of ether oxygens (including phenoxy) is 1. The van der Waals surface area contributed by atoms with Crippen molar-refractivity contribution < 1.29 is 9.53 Å². The quantitative estimate of drug-likeness (QED) is 0.850. The molecule has 0 spiro atoms. The van der Waals surface area contributed by atoms with Crippen LogP contribution in [0.1, 0.15) is 20.1 Å². The first-order valence-corrected chi connectivity index (χ1v) is 7.22. The van der Waals surface area contributed by atoms with Crippen LogP contribution < -0.4 is 4.74 Å². The predicted octanol–water partition coefficient (Wildman–Crippen LogP) is 2.77. The highest BCUT2D eigenvalue weighted by atomic mass is 32.1. The van der Waals surface area contributed by atoms with E-state index in [0.29, 0.717) is 17.2 Å². The van der Waals surface area contributed by atoms with Gasteiger partial charge in [-0.25, -0.2) is 0 Å². The third-order valence-electron chi connectivity index (χ3n) is 3.07. The summed E-state index contributed by atoms with van der Waals surface area (Å²) in [5.41, 5.74) is 1.17. The Morgan fingerprint density at radius 1 is 1.40 bits per heavy atom. The van der Waals surface area contributed by atoms with Crippen LogP contribution in [0.15, 0.2) is 30.6 Å². The van der Waals surface area contributed by atoms with Gasteiger partial charge in [0.15, 0.2) is 0 Å². The Kier molecular flexibility index (Phi) is 4.74. The lowest BCUT2D eigenvalue weighted by molar-refractivity contribution is 0.0798. The molecule has 0 aliphatic heterocycles. The molecule has 20 heavy (non-hydrogen) atoms. The van der Waals surface area contributed by atoms with Gasteiger partial charge in [-0.2, -0.15) is 0 Å². The normalized spacial score (nSPS) is 10.3. The van der Waals surface area contributed by atoms with Crippen molar-refractivity contribution in [2.45, 2.75) is 13.3 Å². The number of rotatable bonds is 5. The van der Waals surface area contributed by atoms with E-state index >= 15 is 0 Å². The van der Waals surface area contributed by atoms with Crippen LogP contribution in [0, 0.1) is 6.92 Å². The van der Waals surface area contributed by atoms with Gasteiger partial charge in [0.1, 0.15) is 10.6 Å². The zero-order valence-corrected chi connectivity index (χ0v) is 12.7. The van der Waals surface area contributed by atoms with Gasteiger partial charge in [0.25, 0.3) is 5.91 Å². The average Bonchev–Trinajstić information content (AvgIpc) is 2.86. The Hall–Kier alpha value is -1.88. The van der Waals surface area contributed by atoms with Crippen LogP contribution >= 0.6 is 11.3 Å². The third-order valence-corrected chi connectivity index (χ3v) is 4.09. The number of thiophene rings is 1. The van der Waals surface area contributed by atoms with Gasteiger partial charge in [-0.15, -0.1) is 11.3 Å². The van der Waals surface area contributed by atoms with Gasteiger partial charge in [-0.05, 0) is 37.1 Å². The van der Waals surface area contributed by atoms with Crippen molar-refractivity contribution in [3.8, 4) is 5.75 Å². The Balaban J connectivity index is 2.01. The van der Waals surface area contributed by atoms with Crippen LogP contribution in [0.5, 0.6) is 5.75 Å². The number of hydrogen-bond donors (Lipinski definition) is 0. The minimum Gasteiger partial charge on any atom is -0.495 e. The molecule has 0 N–H and O–H groups in total. The lowest BCUT2D eigenvalue weighted by atomic mass is 10.2. The molecule has 106 valence electrons. The van der Waals surface area contributed by atoms with Crippen molar-refractivity contribution in [2.24, 2.45) is 0 Å². The van der Waals surface area contributed by atoms with Gasteiger partial charge in [0.05, 0.1) is 7.11 Å². The van der Waals surface area contributed by atoms with Gasteiger partial charge in [0, 0.05) is 30.9 Å². The lowest BCUT2D eigenvalue weighted by Crippen LogP contribution is -2.28. The van der Waals surface area contributed by atoms with Crippen molar-refractivity contribution in [3.05, 3.63) is 45.9 Å². The molecule has 0 fully saturated rings. The lowest BCUT2D eigenvalue weighted by Gasteiger charge is -2.16. The molecule has 0 unspecified atom stereocenters. The standard InChI is InChI=1S/C15H18N2O2S/c1-11-10-13(19-3)14(20-11)15(18)17(2)9-6-12-4-7-16-8-5-12/h4-5,7-8,10H,6,9H2,1-3H3. The molecule has 2 heterocycles. The zero-order valence-electron chi connectivity index (χ0n) is 11.9. The number of methoxy groups -OCH3 is 1. The summed E-state index contributed by atoms with van der Waals surface area (Å²) in [5.74, 6) is 0.669. The molecule has 2 rings (SSSR count). The summed E-state index contributed by atoms with van der Waals surface area (Å²) in [6.45, 7) is 2.64. The zero-order chi connectivity index (χ0) is 14.5. The van der Waals surface area contributed by atoms with E-state index in [9.17, 15) is 4.79 Å². The SMILES string of the molecule is COc1cc(C)sc1C(=O)N(C)CCc1ccncc1. The number of likely N-dealkylation sites (N-methyl/N-ethyl adjacent to an activating group) is 1. The molecule has 0 saturated heterocycles.